The van der Waals surface area contributed by atoms with Crippen LogP contribution in [0.4, 0.5) is 4.79 Å². The summed E-state index contributed by atoms with van der Waals surface area (Å²) in [4.78, 5) is 17.2. The molecule has 5 heteroatoms. The molecule has 2 N–H and O–H groups in total. The van der Waals surface area contributed by atoms with Crippen LogP contribution >= 0.6 is 0 Å². The van der Waals surface area contributed by atoms with Crippen LogP contribution in [0, 0.1) is 5.92 Å². The number of ether oxygens (including phenoxy) is 1. The maximum absolute atomic E-state index is 11.6. The fourth-order valence-electron chi connectivity index (χ4n) is 1.90. The highest BCUT2D eigenvalue weighted by Crippen LogP contribution is 2.34. The van der Waals surface area contributed by atoms with Crippen LogP contribution in [-0.2, 0) is 4.74 Å². The van der Waals surface area contributed by atoms with Crippen LogP contribution in [0.3, 0.4) is 0 Å². The number of nitrogens with zero attached hydrogens (tertiary/aromatic N) is 2. The van der Waals surface area contributed by atoms with Gasteiger partial charge in [0.1, 0.15) is 11.4 Å². The summed E-state index contributed by atoms with van der Waals surface area (Å²) in [6.45, 7) is 3.06. The number of amidine groups is 1. The van der Waals surface area contributed by atoms with Gasteiger partial charge in [0.2, 0.25) is 0 Å². The van der Waals surface area contributed by atoms with E-state index in [1.54, 1.807) is 12.0 Å². The monoisotopic (exact) mass is 211 g/mol. The van der Waals surface area contributed by atoms with Crippen molar-refractivity contribution in [3.8, 4) is 0 Å². The van der Waals surface area contributed by atoms with Gasteiger partial charge in [0.05, 0.1) is 6.61 Å². The number of amides is 2. The van der Waals surface area contributed by atoms with E-state index in [2.05, 4.69) is 4.99 Å². The molecule has 2 aliphatic rings. The minimum Gasteiger partial charge on any atom is -0.385 e. The molecule has 0 radical (unpaired) electrons. The normalized spacial score (nSPS) is 30.9. The molecule has 1 heterocycles. The molecule has 2 amide bonds. The molecule has 1 saturated carbocycles. The van der Waals surface area contributed by atoms with E-state index in [-0.39, 0.29) is 6.03 Å². The first-order valence-electron chi connectivity index (χ1n) is 5.23. The second-order valence-corrected chi connectivity index (χ2v) is 4.54. The Bertz CT molecular complexity index is 312. The summed E-state index contributed by atoms with van der Waals surface area (Å²) in [6.07, 6.45) is 2.40. The summed E-state index contributed by atoms with van der Waals surface area (Å²) in [5.74, 6) is 1.00. The van der Waals surface area contributed by atoms with Crippen molar-refractivity contribution in [3.63, 3.8) is 0 Å². The summed E-state index contributed by atoms with van der Waals surface area (Å²) in [7, 11) is 1.61. The number of methoxy groups -OCH3 is 1. The van der Waals surface area contributed by atoms with Gasteiger partial charge in [-0.05, 0) is 25.7 Å². The van der Waals surface area contributed by atoms with Crippen molar-refractivity contribution in [1.29, 1.82) is 0 Å². The number of carbonyl (C=O) groups excluding carboxylic acids is 1. The Morgan fingerprint density at radius 1 is 1.67 bits per heavy atom. The Morgan fingerprint density at radius 2 is 2.33 bits per heavy atom. The number of nitrogens with two attached hydrogens (primary N) is 1. The summed E-state index contributed by atoms with van der Waals surface area (Å²) in [5.41, 5.74) is 5.24. The SMILES string of the molecule is COCC1(C)C(N)=NC(=O)N1CC1CC1. The van der Waals surface area contributed by atoms with Crippen LogP contribution in [0.1, 0.15) is 19.8 Å². The number of rotatable bonds is 4. The zero-order chi connectivity index (χ0) is 11.1. The van der Waals surface area contributed by atoms with E-state index >= 15 is 0 Å². The Balaban J connectivity index is 2.15. The number of hydrogen-bond donors (Lipinski definition) is 1. The van der Waals surface area contributed by atoms with Gasteiger partial charge in [0, 0.05) is 13.7 Å². The lowest BCUT2D eigenvalue weighted by Crippen LogP contribution is -2.55. The summed E-state index contributed by atoms with van der Waals surface area (Å²) < 4.78 is 5.13. The van der Waals surface area contributed by atoms with Gasteiger partial charge < -0.3 is 15.4 Å². The molecular weight excluding hydrogens is 194 g/mol. The first-order valence-corrected chi connectivity index (χ1v) is 5.23. The third kappa shape index (κ3) is 1.71. The second-order valence-electron chi connectivity index (χ2n) is 4.54. The first kappa shape index (κ1) is 10.4. The van der Waals surface area contributed by atoms with Crippen LogP contribution in [0.2, 0.25) is 0 Å². The lowest BCUT2D eigenvalue weighted by atomic mass is 10.0. The van der Waals surface area contributed by atoms with Gasteiger partial charge in [0.25, 0.3) is 0 Å². The van der Waals surface area contributed by atoms with Gasteiger partial charge >= 0.3 is 6.03 Å². The van der Waals surface area contributed by atoms with Gasteiger partial charge in [-0.2, -0.15) is 4.99 Å². The lowest BCUT2D eigenvalue weighted by molar-refractivity contribution is 0.0903. The quantitative estimate of drug-likeness (QED) is 0.740. The smallest absolute Gasteiger partial charge is 0.346 e. The highest BCUT2D eigenvalue weighted by atomic mass is 16.5. The Hall–Kier alpha value is -1.10. The molecule has 0 aromatic carbocycles. The predicted octanol–water partition coefficient (Wildman–Crippen LogP) is 0.594. The maximum atomic E-state index is 11.6. The van der Waals surface area contributed by atoms with Gasteiger partial charge in [-0.25, -0.2) is 4.79 Å². The summed E-state index contributed by atoms with van der Waals surface area (Å²) in [6, 6.07) is -0.223. The molecule has 0 spiro atoms. The van der Waals surface area contributed by atoms with E-state index < -0.39 is 5.54 Å². The van der Waals surface area contributed by atoms with E-state index in [4.69, 9.17) is 10.5 Å². The largest absolute Gasteiger partial charge is 0.385 e. The van der Waals surface area contributed by atoms with Gasteiger partial charge in [-0.1, -0.05) is 0 Å². The molecule has 5 nitrogen and oxygen atoms in total. The van der Waals surface area contributed by atoms with Crippen molar-refractivity contribution < 1.29 is 9.53 Å². The van der Waals surface area contributed by atoms with Crippen molar-refractivity contribution in [2.45, 2.75) is 25.3 Å². The topological polar surface area (TPSA) is 67.9 Å². The average Bonchev–Trinajstić information content (AvgIpc) is 2.93. The van der Waals surface area contributed by atoms with Crippen LogP contribution in [0.5, 0.6) is 0 Å². The van der Waals surface area contributed by atoms with Crippen molar-refractivity contribution in [2.75, 3.05) is 20.3 Å². The minimum atomic E-state index is -0.547. The zero-order valence-corrected chi connectivity index (χ0v) is 9.19. The van der Waals surface area contributed by atoms with Crippen LogP contribution in [0.25, 0.3) is 0 Å². The molecular formula is C10H17N3O2. The second kappa shape index (κ2) is 3.48. The van der Waals surface area contributed by atoms with Crippen LogP contribution in [0.15, 0.2) is 4.99 Å². The Kier molecular flexibility index (Phi) is 2.42. The first-order chi connectivity index (χ1) is 7.08. The van der Waals surface area contributed by atoms with Crippen molar-refractivity contribution in [2.24, 2.45) is 16.6 Å². The minimum absolute atomic E-state index is 0.223. The lowest BCUT2D eigenvalue weighted by Gasteiger charge is -2.34. The molecule has 0 bridgehead atoms. The van der Waals surface area contributed by atoms with Crippen molar-refractivity contribution in [1.82, 2.24) is 4.90 Å². The van der Waals surface area contributed by atoms with Crippen LogP contribution < -0.4 is 5.73 Å². The molecule has 0 saturated heterocycles. The fourth-order valence-corrected chi connectivity index (χ4v) is 1.90. The molecule has 84 valence electrons. The number of urea groups is 1. The zero-order valence-electron chi connectivity index (χ0n) is 9.19. The Morgan fingerprint density at radius 3 is 2.87 bits per heavy atom. The van der Waals surface area contributed by atoms with E-state index in [0.717, 1.165) is 6.54 Å². The molecule has 0 aromatic rings. The summed E-state index contributed by atoms with van der Waals surface area (Å²) in [5, 5.41) is 0. The molecule has 1 atom stereocenters. The number of aliphatic imine (C=N–C) groups is 1. The number of hydrogen-bond acceptors (Lipinski definition) is 3. The molecule has 1 aliphatic heterocycles. The molecule has 15 heavy (non-hydrogen) atoms. The third-order valence-electron chi connectivity index (χ3n) is 3.16. The average molecular weight is 211 g/mol. The van der Waals surface area contributed by atoms with E-state index in [9.17, 15) is 4.79 Å². The fraction of sp³-hybridized carbons (Fsp3) is 0.800. The van der Waals surface area contributed by atoms with Crippen molar-refractivity contribution in [3.05, 3.63) is 0 Å². The van der Waals surface area contributed by atoms with E-state index in [0.29, 0.717) is 18.4 Å². The molecule has 0 aromatic heterocycles. The van der Waals surface area contributed by atoms with Crippen LogP contribution in [-0.4, -0.2) is 42.6 Å². The molecule has 1 fully saturated rings. The van der Waals surface area contributed by atoms with E-state index in [1.165, 1.54) is 12.8 Å². The van der Waals surface area contributed by atoms with Gasteiger partial charge in [0.15, 0.2) is 0 Å². The maximum Gasteiger partial charge on any atom is 0.346 e. The standard InChI is InChI=1S/C10H17N3O2/c1-10(6-15-2)8(11)12-9(14)13(10)5-7-3-4-7/h7H,3-6H2,1-2H3,(H2,11,12,14). The molecule has 1 aliphatic carbocycles. The Labute approximate surface area is 89.3 Å². The van der Waals surface area contributed by atoms with Gasteiger partial charge in [-0.15, -0.1) is 0 Å². The highest BCUT2D eigenvalue weighted by Gasteiger charge is 2.46. The predicted molar refractivity (Wildman–Crippen MR) is 56.7 cm³/mol. The molecule has 1 unspecified atom stereocenters. The molecule has 2 rings (SSSR count). The number of carbonyl (C=O) groups is 1. The van der Waals surface area contributed by atoms with Crippen molar-refractivity contribution >= 4 is 11.9 Å². The highest BCUT2D eigenvalue weighted by molar-refractivity contribution is 6.05. The van der Waals surface area contributed by atoms with Gasteiger partial charge in [-0.3, -0.25) is 0 Å². The van der Waals surface area contributed by atoms with E-state index in [1.807, 2.05) is 6.92 Å². The third-order valence-corrected chi connectivity index (χ3v) is 3.16. The summed E-state index contributed by atoms with van der Waals surface area (Å²) >= 11 is 0.